The normalized spacial score (nSPS) is 13.6. The number of carbonyl (C=O) groups is 2. The largest absolute Gasteiger partial charge is 0.481 e. The van der Waals surface area contributed by atoms with Gasteiger partial charge in [-0.2, -0.15) is 11.3 Å². The van der Waals surface area contributed by atoms with Crippen LogP contribution in [0.4, 0.5) is 4.79 Å². The topological polar surface area (TPSA) is 78.4 Å². The molecule has 106 valence electrons. The Balaban J connectivity index is 2.28. The number of urea groups is 1. The SMILES string of the molecule is CCC(CNC(=O)NC(C)Cc1ccsc1)C(=O)O. The molecular formula is C13H20N2O3S. The molecule has 0 aromatic carbocycles. The van der Waals surface area contributed by atoms with E-state index in [0.717, 1.165) is 6.42 Å². The van der Waals surface area contributed by atoms with Gasteiger partial charge in [-0.3, -0.25) is 4.79 Å². The number of rotatable bonds is 7. The Kier molecular flexibility index (Phi) is 6.35. The maximum Gasteiger partial charge on any atom is 0.315 e. The van der Waals surface area contributed by atoms with E-state index in [2.05, 4.69) is 10.6 Å². The van der Waals surface area contributed by atoms with Crippen LogP contribution in [0.2, 0.25) is 0 Å². The van der Waals surface area contributed by atoms with Gasteiger partial charge in [0.1, 0.15) is 0 Å². The monoisotopic (exact) mass is 284 g/mol. The van der Waals surface area contributed by atoms with Crippen molar-refractivity contribution >= 4 is 23.3 Å². The summed E-state index contributed by atoms with van der Waals surface area (Å²) in [5.74, 6) is -1.41. The summed E-state index contributed by atoms with van der Waals surface area (Å²) in [5, 5.41) is 18.3. The lowest BCUT2D eigenvalue weighted by Gasteiger charge is -2.16. The second-order valence-corrected chi connectivity index (χ2v) is 5.31. The van der Waals surface area contributed by atoms with Crippen molar-refractivity contribution in [1.82, 2.24) is 10.6 Å². The maximum absolute atomic E-state index is 11.6. The Labute approximate surface area is 117 Å². The molecule has 2 atom stereocenters. The molecule has 5 nitrogen and oxygen atoms in total. The van der Waals surface area contributed by atoms with Crippen LogP contribution in [0.5, 0.6) is 0 Å². The van der Waals surface area contributed by atoms with Crippen LogP contribution in [0, 0.1) is 5.92 Å². The molecular weight excluding hydrogens is 264 g/mol. The minimum Gasteiger partial charge on any atom is -0.481 e. The number of thiophene rings is 1. The zero-order chi connectivity index (χ0) is 14.3. The molecule has 1 aromatic rings. The fourth-order valence-corrected chi connectivity index (χ4v) is 2.39. The van der Waals surface area contributed by atoms with Crippen LogP contribution in [-0.4, -0.2) is 29.7 Å². The van der Waals surface area contributed by atoms with E-state index in [9.17, 15) is 9.59 Å². The summed E-state index contributed by atoms with van der Waals surface area (Å²) in [6.45, 7) is 3.87. The first-order valence-electron chi connectivity index (χ1n) is 6.31. The number of carbonyl (C=O) groups excluding carboxylic acids is 1. The highest BCUT2D eigenvalue weighted by molar-refractivity contribution is 7.07. The Morgan fingerprint density at radius 1 is 1.47 bits per heavy atom. The summed E-state index contributed by atoms with van der Waals surface area (Å²) in [6, 6.07) is 1.72. The molecule has 1 heterocycles. The first-order chi connectivity index (χ1) is 9.02. The van der Waals surface area contributed by atoms with E-state index in [0.29, 0.717) is 6.42 Å². The number of aliphatic carboxylic acids is 1. The molecule has 0 saturated carbocycles. The molecule has 1 rings (SSSR count). The van der Waals surface area contributed by atoms with Gasteiger partial charge in [-0.15, -0.1) is 0 Å². The van der Waals surface area contributed by atoms with Crippen molar-refractivity contribution in [2.45, 2.75) is 32.7 Å². The van der Waals surface area contributed by atoms with Crippen molar-refractivity contribution in [2.75, 3.05) is 6.54 Å². The van der Waals surface area contributed by atoms with Gasteiger partial charge in [0.15, 0.2) is 0 Å². The fourth-order valence-electron chi connectivity index (χ4n) is 1.71. The van der Waals surface area contributed by atoms with Gasteiger partial charge in [-0.1, -0.05) is 6.92 Å². The lowest BCUT2D eigenvalue weighted by Crippen LogP contribution is -2.44. The molecule has 1 aromatic heterocycles. The molecule has 0 radical (unpaired) electrons. The third kappa shape index (κ3) is 5.74. The van der Waals surface area contributed by atoms with Crippen molar-refractivity contribution in [3.63, 3.8) is 0 Å². The molecule has 0 bridgehead atoms. The quantitative estimate of drug-likeness (QED) is 0.717. The van der Waals surface area contributed by atoms with Crippen molar-refractivity contribution in [1.29, 1.82) is 0 Å². The first-order valence-corrected chi connectivity index (χ1v) is 7.25. The lowest BCUT2D eigenvalue weighted by atomic mass is 10.1. The molecule has 3 N–H and O–H groups in total. The molecule has 0 aliphatic heterocycles. The second-order valence-electron chi connectivity index (χ2n) is 4.53. The van der Waals surface area contributed by atoms with E-state index in [1.54, 1.807) is 18.3 Å². The van der Waals surface area contributed by atoms with Gasteiger partial charge in [-0.05, 0) is 42.2 Å². The van der Waals surface area contributed by atoms with Crippen molar-refractivity contribution in [2.24, 2.45) is 5.92 Å². The number of carboxylic acid groups (broad SMARTS) is 1. The Bertz CT molecular complexity index is 406. The number of hydrogen-bond donors (Lipinski definition) is 3. The maximum atomic E-state index is 11.6. The van der Waals surface area contributed by atoms with Crippen LogP contribution < -0.4 is 10.6 Å². The van der Waals surface area contributed by atoms with Gasteiger partial charge in [0.25, 0.3) is 0 Å². The van der Waals surface area contributed by atoms with Crippen LogP contribution in [-0.2, 0) is 11.2 Å². The average molecular weight is 284 g/mol. The number of carboxylic acids is 1. The molecule has 0 spiro atoms. The van der Waals surface area contributed by atoms with Gasteiger partial charge in [0.05, 0.1) is 5.92 Å². The van der Waals surface area contributed by atoms with E-state index in [1.165, 1.54) is 5.56 Å². The lowest BCUT2D eigenvalue weighted by molar-refractivity contribution is -0.141. The zero-order valence-electron chi connectivity index (χ0n) is 11.2. The average Bonchev–Trinajstić information content (AvgIpc) is 2.81. The highest BCUT2D eigenvalue weighted by atomic mass is 32.1. The Morgan fingerprint density at radius 2 is 2.21 bits per heavy atom. The number of hydrogen-bond acceptors (Lipinski definition) is 3. The minimum absolute atomic E-state index is 0.0134. The third-order valence-electron chi connectivity index (χ3n) is 2.85. The van der Waals surface area contributed by atoms with Gasteiger partial charge in [0, 0.05) is 12.6 Å². The number of nitrogens with one attached hydrogen (secondary N) is 2. The van der Waals surface area contributed by atoms with Gasteiger partial charge in [0.2, 0.25) is 0 Å². The second kappa shape index (κ2) is 7.78. The highest BCUT2D eigenvalue weighted by Crippen LogP contribution is 2.08. The molecule has 0 fully saturated rings. The van der Waals surface area contributed by atoms with Crippen molar-refractivity contribution in [3.8, 4) is 0 Å². The first kappa shape index (κ1) is 15.5. The predicted octanol–water partition coefficient (Wildman–Crippen LogP) is 2.09. The van der Waals surface area contributed by atoms with E-state index in [-0.39, 0.29) is 18.6 Å². The molecule has 6 heteroatoms. The van der Waals surface area contributed by atoms with Gasteiger partial charge < -0.3 is 15.7 Å². The van der Waals surface area contributed by atoms with E-state index in [4.69, 9.17) is 5.11 Å². The summed E-state index contributed by atoms with van der Waals surface area (Å²) in [4.78, 5) is 22.4. The van der Waals surface area contributed by atoms with E-state index in [1.807, 2.05) is 23.8 Å². The van der Waals surface area contributed by atoms with Crippen LogP contribution in [0.15, 0.2) is 16.8 Å². The molecule has 2 unspecified atom stereocenters. The predicted molar refractivity (Wildman–Crippen MR) is 75.4 cm³/mol. The van der Waals surface area contributed by atoms with Crippen LogP contribution in [0.25, 0.3) is 0 Å². The minimum atomic E-state index is -0.880. The summed E-state index contributed by atoms with van der Waals surface area (Å²) in [7, 11) is 0. The standard InChI is InChI=1S/C13H20N2O3S/c1-3-11(12(16)17)7-14-13(18)15-9(2)6-10-4-5-19-8-10/h4-5,8-9,11H,3,6-7H2,1-2H3,(H,16,17)(H2,14,15,18). The molecule has 2 amide bonds. The van der Waals surface area contributed by atoms with Crippen molar-refractivity contribution < 1.29 is 14.7 Å². The van der Waals surface area contributed by atoms with Crippen LogP contribution in [0.3, 0.4) is 0 Å². The fraction of sp³-hybridized carbons (Fsp3) is 0.538. The Hall–Kier alpha value is -1.56. The molecule has 19 heavy (non-hydrogen) atoms. The van der Waals surface area contributed by atoms with E-state index < -0.39 is 11.9 Å². The summed E-state index contributed by atoms with van der Waals surface area (Å²) < 4.78 is 0. The van der Waals surface area contributed by atoms with E-state index >= 15 is 0 Å². The van der Waals surface area contributed by atoms with Crippen LogP contribution in [0.1, 0.15) is 25.8 Å². The highest BCUT2D eigenvalue weighted by Gasteiger charge is 2.16. The molecule has 0 saturated heterocycles. The van der Waals surface area contributed by atoms with Gasteiger partial charge >= 0.3 is 12.0 Å². The smallest absolute Gasteiger partial charge is 0.315 e. The summed E-state index contributed by atoms with van der Waals surface area (Å²) in [5.41, 5.74) is 1.19. The van der Waals surface area contributed by atoms with Crippen LogP contribution >= 0.6 is 11.3 Å². The third-order valence-corrected chi connectivity index (χ3v) is 3.58. The Morgan fingerprint density at radius 3 is 2.74 bits per heavy atom. The molecule has 0 aliphatic carbocycles. The summed E-state index contributed by atoms with van der Waals surface area (Å²) >= 11 is 1.63. The van der Waals surface area contributed by atoms with Crippen molar-refractivity contribution in [3.05, 3.63) is 22.4 Å². The van der Waals surface area contributed by atoms with Gasteiger partial charge in [-0.25, -0.2) is 4.79 Å². The zero-order valence-corrected chi connectivity index (χ0v) is 12.0. The number of amides is 2. The molecule has 0 aliphatic rings. The summed E-state index contributed by atoms with van der Waals surface area (Å²) in [6.07, 6.45) is 1.27.